The van der Waals surface area contributed by atoms with Gasteiger partial charge < -0.3 is 10.3 Å². The first-order chi connectivity index (χ1) is 13.0. The summed E-state index contributed by atoms with van der Waals surface area (Å²) in [6.07, 6.45) is 15.2. The number of hydrogen-bond donors (Lipinski definition) is 2. The number of nitrogens with one attached hydrogen (secondary N) is 2. The molecule has 2 N–H and O–H groups in total. The van der Waals surface area contributed by atoms with Crippen molar-refractivity contribution in [2.75, 3.05) is 0 Å². The minimum absolute atomic E-state index is 0.546. The molecule has 4 nitrogen and oxygen atoms in total. The number of aliphatic imine (C=N–C) groups is 2. The molecule has 0 fully saturated rings. The molecule has 6 heteroatoms. The number of allylic oxidation sites excluding steroid dienone is 5. The average Bonchev–Trinajstić information content (AvgIpc) is 3.38. The molecule has 0 amide bonds. The zero-order valence-electron chi connectivity index (χ0n) is 14.5. The summed E-state index contributed by atoms with van der Waals surface area (Å²) in [5.74, 6) is 0. The van der Waals surface area contributed by atoms with E-state index in [4.69, 9.17) is 1.37 Å². The van der Waals surface area contributed by atoms with E-state index in [0.29, 0.717) is 0 Å². The molecule has 0 aromatic carbocycles. The van der Waals surface area contributed by atoms with E-state index in [9.17, 15) is 0 Å². The van der Waals surface area contributed by atoms with Crippen molar-refractivity contribution in [3.63, 3.8) is 0 Å². The lowest BCUT2D eigenvalue weighted by Crippen LogP contribution is -2.31. The summed E-state index contributed by atoms with van der Waals surface area (Å²) in [7, 11) is 0. The molecule has 2 unspecified atom stereocenters. The van der Waals surface area contributed by atoms with Crippen molar-refractivity contribution >= 4 is 55.4 Å². The smallest absolute Gasteiger partial charge is 0.119 e. The Morgan fingerprint density at radius 2 is 1.62 bits per heavy atom. The van der Waals surface area contributed by atoms with E-state index in [2.05, 4.69) is 52.1 Å². The standard InChI is InChI=1S/C20H14Br2N4/c21-18-11-20(22)10-17-6-5-15(25-17)8-13-2-1-12(23-13)7-14-3-4-16(24-14)9-19(18)26-20/h1-10,23,26H,11H2/i11D. The van der Waals surface area contributed by atoms with Gasteiger partial charge in [-0.15, -0.1) is 0 Å². The van der Waals surface area contributed by atoms with E-state index >= 15 is 0 Å². The van der Waals surface area contributed by atoms with Crippen LogP contribution in [0, 0.1) is 0 Å². The van der Waals surface area contributed by atoms with Gasteiger partial charge in [-0.2, -0.15) is 0 Å². The Balaban J connectivity index is 1.71. The van der Waals surface area contributed by atoms with Crippen molar-refractivity contribution in [1.82, 2.24) is 10.3 Å². The Kier molecular flexibility index (Phi) is 3.40. The number of aromatic nitrogens is 1. The lowest BCUT2D eigenvalue weighted by molar-refractivity contribution is 0.691. The third-order valence-corrected chi connectivity index (χ3v) is 5.59. The molecular weight excluding hydrogens is 456 g/mol. The second kappa shape index (κ2) is 5.93. The summed E-state index contributed by atoms with van der Waals surface area (Å²) >= 11 is 7.27. The topological polar surface area (TPSA) is 52.5 Å². The number of H-pyrrole nitrogens is 1. The highest BCUT2D eigenvalue weighted by atomic mass is 79.9. The van der Waals surface area contributed by atoms with Gasteiger partial charge in [0.2, 0.25) is 0 Å². The monoisotopic (exact) mass is 469 g/mol. The summed E-state index contributed by atoms with van der Waals surface area (Å²) in [6.45, 7) is 0. The summed E-state index contributed by atoms with van der Waals surface area (Å²) in [6, 6.07) is 4.05. The molecule has 26 heavy (non-hydrogen) atoms. The molecule has 5 rings (SSSR count). The van der Waals surface area contributed by atoms with Crippen molar-refractivity contribution in [2.24, 2.45) is 9.98 Å². The quantitative estimate of drug-likeness (QED) is 0.444. The van der Waals surface area contributed by atoms with Crippen LogP contribution < -0.4 is 16.0 Å². The SMILES string of the molecule is [2H]C1C(Br)=C2C=C3C=CC(=N3)C=c3ccc([nH]3)=CC3=NC(=CC1(Br)N2)C=C3. The van der Waals surface area contributed by atoms with Crippen LogP contribution in [0.4, 0.5) is 0 Å². The van der Waals surface area contributed by atoms with Gasteiger partial charge in [-0.25, -0.2) is 9.98 Å². The van der Waals surface area contributed by atoms with Crippen LogP contribution in [0.15, 0.2) is 80.1 Å². The third kappa shape index (κ3) is 3.04. The van der Waals surface area contributed by atoms with Crippen LogP contribution in [-0.4, -0.2) is 20.9 Å². The molecular formula is C20H14Br2N4. The van der Waals surface area contributed by atoms with E-state index in [0.717, 1.165) is 43.7 Å². The fraction of sp³-hybridized carbons (Fsp3) is 0.100. The van der Waals surface area contributed by atoms with Crippen molar-refractivity contribution in [1.29, 1.82) is 0 Å². The van der Waals surface area contributed by atoms with Crippen molar-refractivity contribution in [3.05, 3.63) is 80.9 Å². The van der Waals surface area contributed by atoms with Gasteiger partial charge >= 0.3 is 0 Å². The van der Waals surface area contributed by atoms with Crippen LogP contribution in [-0.2, 0) is 0 Å². The number of hydrogen-bond acceptors (Lipinski definition) is 3. The highest BCUT2D eigenvalue weighted by molar-refractivity contribution is 9.12. The molecule has 0 saturated heterocycles. The maximum absolute atomic E-state index is 8.59. The average molecular weight is 471 g/mol. The number of nitrogens with zero attached hydrogens (tertiary/aromatic N) is 2. The summed E-state index contributed by atoms with van der Waals surface area (Å²) < 4.78 is 8.63. The van der Waals surface area contributed by atoms with Crippen LogP contribution >= 0.6 is 31.9 Å². The maximum atomic E-state index is 8.59. The van der Waals surface area contributed by atoms with Gasteiger partial charge in [0.25, 0.3) is 0 Å². The van der Waals surface area contributed by atoms with Crippen molar-refractivity contribution in [3.8, 4) is 0 Å². The van der Waals surface area contributed by atoms with Crippen LogP contribution in [0.2, 0.25) is 0 Å². The molecule has 2 atom stereocenters. The molecule has 4 aliphatic rings. The largest absolute Gasteiger partial charge is 0.366 e. The normalized spacial score (nSPS) is 29.3. The second-order valence-corrected chi connectivity index (χ2v) is 8.50. The molecule has 4 aliphatic heterocycles. The molecule has 0 saturated carbocycles. The van der Waals surface area contributed by atoms with E-state index in [1.54, 1.807) is 0 Å². The van der Waals surface area contributed by atoms with Crippen molar-refractivity contribution < 1.29 is 1.37 Å². The zero-order chi connectivity index (χ0) is 18.6. The van der Waals surface area contributed by atoms with Crippen molar-refractivity contribution in [2.45, 2.75) is 10.8 Å². The van der Waals surface area contributed by atoms with Crippen LogP contribution in [0.3, 0.4) is 0 Å². The van der Waals surface area contributed by atoms with Crippen LogP contribution in [0.25, 0.3) is 12.2 Å². The Morgan fingerprint density at radius 3 is 2.35 bits per heavy atom. The Morgan fingerprint density at radius 1 is 0.962 bits per heavy atom. The fourth-order valence-corrected chi connectivity index (χ4v) is 4.70. The number of alkyl halides is 1. The van der Waals surface area contributed by atoms with Crippen LogP contribution in [0.1, 0.15) is 7.77 Å². The number of halogens is 2. The highest BCUT2D eigenvalue weighted by Gasteiger charge is 2.33. The predicted molar refractivity (Wildman–Crippen MR) is 114 cm³/mol. The first-order valence-corrected chi connectivity index (χ1v) is 9.73. The fourth-order valence-electron chi connectivity index (χ4n) is 3.14. The van der Waals surface area contributed by atoms with Gasteiger partial charge in [0.05, 0.1) is 22.8 Å². The van der Waals surface area contributed by atoms with Gasteiger partial charge in [-0.1, -0.05) is 31.9 Å². The number of fused-ring (bicyclic) bond motifs is 6. The highest BCUT2D eigenvalue weighted by Crippen LogP contribution is 2.39. The lowest BCUT2D eigenvalue weighted by Gasteiger charge is -2.19. The summed E-state index contributed by atoms with van der Waals surface area (Å²) in [5.41, 5.74) is 4.22. The van der Waals surface area contributed by atoms with Gasteiger partial charge in [-0.05, 0) is 60.7 Å². The Labute approximate surface area is 168 Å². The predicted octanol–water partition coefficient (Wildman–Crippen LogP) is 3.07. The molecule has 1 aromatic heterocycles. The molecule has 128 valence electrons. The Bertz CT molecular complexity index is 1190. The van der Waals surface area contributed by atoms with Gasteiger partial charge in [0.15, 0.2) is 0 Å². The molecule has 8 bridgehead atoms. The van der Waals surface area contributed by atoms with Gasteiger partial charge in [0.1, 0.15) is 4.45 Å². The minimum Gasteiger partial charge on any atom is -0.366 e. The minimum atomic E-state index is -0.742. The van der Waals surface area contributed by atoms with Gasteiger partial charge in [-0.3, -0.25) is 0 Å². The van der Waals surface area contributed by atoms with E-state index in [-0.39, 0.29) is 0 Å². The molecule has 5 heterocycles. The molecule has 0 radical (unpaired) electrons. The second-order valence-electron chi connectivity index (χ2n) is 6.34. The van der Waals surface area contributed by atoms with Crippen LogP contribution in [0.5, 0.6) is 0 Å². The van der Waals surface area contributed by atoms with E-state index in [1.165, 1.54) is 0 Å². The third-order valence-electron chi connectivity index (χ3n) is 4.27. The summed E-state index contributed by atoms with van der Waals surface area (Å²) in [5, 5.41) is 5.36. The van der Waals surface area contributed by atoms with E-state index < -0.39 is 10.8 Å². The number of aromatic amines is 1. The molecule has 0 aliphatic carbocycles. The lowest BCUT2D eigenvalue weighted by atomic mass is 10.2. The molecule has 1 aromatic rings. The van der Waals surface area contributed by atoms with E-state index in [1.807, 2.05) is 60.7 Å². The first-order valence-electron chi connectivity index (χ1n) is 8.72. The summed E-state index contributed by atoms with van der Waals surface area (Å²) in [4.78, 5) is 12.7. The first kappa shape index (κ1) is 14.9. The molecule has 0 spiro atoms. The van der Waals surface area contributed by atoms with Gasteiger partial charge in [0, 0.05) is 28.6 Å². The Hall–Kier alpha value is -2.18. The maximum Gasteiger partial charge on any atom is 0.119 e. The number of rotatable bonds is 0. The zero-order valence-corrected chi connectivity index (χ0v) is 16.7.